The van der Waals surface area contributed by atoms with Crippen LogP contribution < -0.4 is 0 Å². The standard InChI is InChI=1S/C23H32O6/c1-13(24)29-12-19(27)23(28)9-7-17-16-5-4-14-10-15(25)6-8-21(14,2)20(16)18(26)11-22(17,23)3/h6,8,10,16-20,26-28H,4-5,7,9,11-12H2,1-3H3/t16-,17-,18-,19?,20+,21-,22-,23-/m0/s1. The van der Waals surface area contributed by atoms with E-state index < -0.39 is 29.2 Å². The molecule has 6 nitrogen and oxygen atoms in total. The quantitative estimate of drug-likeness (QED) is 0.621. The number of carbonyl (C=O) groups is 2. The second-order valence-corrected chi connectivity index (χ2v) is 9.99. The summed E-state index contributed by atoms with van der Waals surface area (Å²) in [6.45, 7) is 5.12. The van der Waals surface area contributed by atoms with Crippen LogP contribution >= 0.6 is 0 Å². The number of rotatable bonds is 3. The third-order valence-electron chi connectivity index (χ3n) is 8.71. The van der Waals surface area contributed by atoms with Gasteiger partial charge < -0.3 is 20.1 Å². The van der Waals surface area contributed by atoms with E-state index in [1.54, 1.807) is 12.2 Å². The Hall–Kier alpha value is -1.50. The minimum absolute atomic E-state index is 0.00916. The van der Waals surface area contributed by atoms with Gasteiger partial charge in [-0.3, -0.25) is 9.59 Å². The van der Waals surface area contributed by atoms with Gasteiger partial charge in [0.05, 0.1) is 11.7 Å². The first-order chi connectivity index (χ1) is 13.5. The van der Waals surface area contributed by atoms with Crippen LogP contribution in [-0.4, -0.2) is 51.5 Å². The van der Waals surface area contributed by atoms with Crippen molar-refractivity contribution in [3.8, 4) is 0 Å². The molecule has 3 fully saturated rings. The lowest BCUT2D eigenvalue weighted by molar-refractivity contribution is -0.207. The smallest absolute Gasteiger partial charge is 0.302 e. The highest BCUT2D eigenvalue weighted by molar-refractivity contribution is 6.01. The number of fused-ring (bicyclic) bond motifs is 5. The maximum absolute atomic E-state index is 11.9. The van der Waals surface area contributed by atoms with Crippen LogP contribution in [0.15, 0.2) is 23.8 Å². The summed E-state index contributed by atoms with van der Waals surface area (Å²) >= 11 is 0. The van der Waals surface area contributed by atoms with E-state index in [0.717, 1.165) is 24.8 Å². The highest BCUT2D eigenvalue weighted by Crippen LogP contribution is 2.67. The maximum atomic E-state index is 11.9. The Balaban J connectivity index is 1.65. The van der Waals surface area contributed by atoms with Gasteiger partial charge in [-0.1, -0.05) is 25.5 Å². The van der Waals surface area contributed by atoms with Crippen LogP contribution in [0.5, 0.6) is 0 Å². The number of ether oxygens (including phenoxy) is 1. The van der Waals surface area contributed by atoms with Crippen molar-refractivity contribution in [1.29, 1.82) is 0 Å². The Morgan fingerprint density at radius 3 is 2.76 bits per heavy atom. The molecule has 3 N–H and O–H groups in total. The predicted octanol–water partition coefficient (Wildman–Crippen LogP) is 1.92. The first-order valence-corrected chi connectivity index (χ1v) is 10.7. The van der Waals surface area contributed by atoms with Gasteiger partial charge in [0.2, 0.25) is 0 Å². The molecule has 3 saturated carbocycles. The van der Waals surface area contributed by atoms with E-state index in [-0.39, 0.29) is 35.6 Å². The van der Waals surface area contributed by atoms with Gasteiger partial charge >= 0.3 is 5.97 Å². The van der Waals surface area contributed by atoms with E-state index in [2.05, 4.69) is 6.92 Å². The fourth-order valence-corrected chi connectivity index (χ4v) is 7.25. The summed E-state index contributed by atoms with van der Waals surface area (Å²) in [5, 5.41) is 33.6. The van der Waals surface area contributed by atoms with Crippen molar-refractivity contribution in [2.75, 3.05) is 6.61 Å². The molecule has 0 radical (unpaired) electrons. The van der Waals surface area contributed by atoms with Crippen molar-refractivity contribution in [3.05, 3.63) is 23.8 Å². The molecular formula is C23H32O6. The Bertz CT molecular complexity index is 786. The van der Waals surface area contributed by atoms with Crippen LogP contribution in [-0.2, 0) is 14.3 Å². The van der Waals surface area contributed by atoms with Crippen LogP contribution in [0, 0.1) is 28.6 Å². The van der Waals surface area contributed by atoms with Crippen molar-refractivity contribution < 1.29 is 29.6 Å². The molecule has 0 aliphatic heterocycles. The van der Waals surface area contributed by atoms with E-state index in [9.17, 15) is 24.9 Å². The molecule has 0 amide bonds. The number of allylic oxidation sites excluding steroid dienone is 4. The number of hydrogen-bond donors (Lipinski definition) is 3. The highest BCUT2D eigenvalue weighted by atomic mass is 16.5. The van der Waals surface area contributed by atoms with Crippen LogP contribution in [0.25, 0.3) is 0 Å². The number of ketones is 1. The number of hydrogen-bond acceptors (Lipinski definition) is 6. The molecule has 0 saturated heterocycles. The molecule has 29 heavy (non-hydrogen) atoms. The lowest BCUT2D eigenvalue weighted by atomic mass is 9.46. The Morgan fingerprint density at radius 1 is 1.34 bits per heavy atom. The third kappa shape index (κ3) is 2.87. The molecule has 0 aromatic rings. The summed E-state index contributed by atoms with van der Waals surface area (Å²) in [4.78, 5) is 23.1. The molecule has 0 spiro atoms. The molecule has 4 aliphatic rings. The molecule has 1 unspecified atom stereocenters. The van der Waals surface area contributed by atoms with Crippen LogP contribution in [0.2, 0.25) is 0 Å². The van der Waals surface area contributed by atoms with Crippen LogP contribution in [0.4, 0.5) is 0 Å². The van der Waals surface area contributed by atoms with E-state index in [0.29, 0.717) is 12.8 Å². The molecule has 8 atom stereocenters. The molecule has 0 bridgehead atoms. The van der Waals surface area contributed by atoms with Crippen molar-refractivity contribution in [1.82, 2.24) is 0 Å². The molecule has 0 aromatic heterocycles. The normalized spacial score (nSPS) is 47.0. The zero-order valence-electron chi connectivity index (χ0n) is 17.4. The largest absolute Gasteiger partial charge is 0.463 e. The summed E-state index contributed by atoms with van der Waals surface area (Å²) in [6.07, 6.45) is 6.68. The number of aliphatic hydroxyl groups excluding tert-OH is 2. The summed E-state index contributed by atoms with van der Waals surface area (Å²) in [7, 11) is 0. The Labute approximate surface area is 171 Å². The monoisotopic (exact) mass is 404 g/mol. The second kappa shape index (κ2) is 6.76. The number of esters is 1. The Morgan fingerprint density at radius 2 is 2.07 bits per heavy atom. The van der Waals surface area contributed by atoms with Gasteiger partial charge in [-0.2, -0.15) is 0 Å². The first kappa shape index (κ1) is 20.8. The topological polar surface area (TPSA) is 104 Å². The minimum atomic E-state index is -1.41. The average Bonchev–Trinajstić information content (AvgIpc) is 2.91. The van der Waals surface area contributed by atoms with Crippen molar-refractivity contribution in [2.24, 2.45) is 28.6 Å². The molecule has 4 aliphatic carbocycles. The Kier molecular flexibility index (Phi) is 4.84. The lowest BCUT2D eigenvalue weighted by Gasteiger charge is -2.60. The zero-order valence-corrected chi connectivity index (χ0v) is 17.4. The van der Waals surface area contributed by atoms with Crippen molar-refractivity contribution >= 4 is 11.8 Å². The number of aliphatic hydroxyl groups is 3. The molecular weight excluding hydrogens is 372 g/mol. The molecule has 6 heteroatoms. The third-order valence-corrected chi connectivity index (χ3v) is 8.71. The molecule has 0 heterocycles. The fraction of sp³-hybridized carbons (Fsp3) is 0.739. The first-order valence-electron chi connectivity index (χ1n) is 10.7. The molecule has 4 rings (SSSR count). The van der Waals surface area contributed by atoms with Gasteiger partial charge in [-0.05, 0) is 56.1 Å². The lowest BCUT2D eigenvalue weighted by Crippen LogP contribution is -2.62. The summed E-state index contributed by atoms with van der Waals surface area (Å²) in [5.41, 5.74) is -1.33. The van der Waals surface area contributed by atoms with E-state index in [1.807, 2.05) is 13.0 Å². The van der Waals surface area contributed by atoms with Gasteiger partial charge in [-0.15, -0.1) is 0 Å². The highest BCUT2D eigenvalue weighted by Gasteiger charge is 2.67. The number of carbonyl (C=O) groups excluding carboxylic acids is 2. The van der Waals surface area contributed by atoms with Crippen LogP contribution in [0.3, 0.4) is 0 Å². The molecule has 0 aromatic carbocycles. The fourth-order valence-electron chi connectivity index (χ4n) is 7.25. The summed E-state index contributed by atoms with van der Waals surface area (Å²) < 4.78 is 4.98. The van der Waals surface area contributed by atoms with Gasteiger partial charge in [0, 0.05) is 23.7 Å². The predicted molar refractivity (Wildman–Crippen MR) is 106 cm³/mol. The van der Waals surface area contributed by atoms with E-state index in [4.69, 9.17) is 4.74 Å². The molecule has 160 valence electrons. The van der Waals surface area contributed by atoms with Crippen LogP contribution in [0.1, 0.15) is 52.9 Å². The van der Waals surface area contributed by atoms with E-state index in [1.165, 1.54) is 6.92 Å². The SMILES string of the molecule is CC(=O)OCC(O)[C@@]1(O)CC[C@H]2[C@@H]3CCC4=CC(=O)C=C[C@]4(C)[C@H]3[C@@H](O)C[C@@]21C. The summed E-state index contributed by atoms with van der Waals surface area (Å²) in [5.74, 6) is -0.155. The van der Waals surface area contributed by atoms with Gasteiger partial charge in [0.15, 0.2) is 5.78 Å². The van der Waals surface area contributed by atoms with Crippen molar-refractivity contribution in [3.63, 3.8) is 0 Å². The van der Waals surface area contributed by atoms with Gasteiger partial charge in [0.1, 0.15) is 12.7 Å². The summed E-state index contributed by atoms with van der Waals surface area (Å²) in [6, 6.07) is 0. The van der Waals surface area contributed by atoms with Gasteiger partial charge in [-0.25, -0.2) is 0 Å². The van der Waals surface area contributed by atoms with Crippen molar-refractivity contribution in [2.45, 2.75) is 70.7 Å². The zero-order chi connectivity index (χ0) is 21.2. The maximum Gasteiger partial charge on any atom is 0.302 e. The van der Waals surface area contributed by atoms with E-state index >= 15 is 0 Å². The second-order valence-electron chi connectivity index (χ2n) is 9.99. The average molecular weight is 405 g/mol. The minimum Gasteiger partial charge on any atom is -0.463 e. The van der Waals surface area contributed by atoms with Gasteiger partial charge in [0.25, 0.3) is 0 Å².